The molecule has 0 unspecified atom stereocenters. The number of nitrogens with one attached hydrogen (secondary N) is 1. The lowest BCUT2D eigenvalue weighted by Gasteiger charge is -2.56. The van der Waals surface area contributed by atoms with Gasteiger partial charge >= 0.3 is 0 Å². The molecule has 5 nitrogen and oxygen atoms in total. The number of carbonyl (C=O) groups is 1. The normalized spacial score (nSPS) is 27.3. The Balaban J connectivity index is 1.30. The van der Waals surface area contributed by atoms with Crippen LogP contribution in [0.4, 0.5) is 0 Å². The molecule has 4 fully saturated rings. The standard InChI is InChI=1S/C28H31N3O2S/c1-17-6-5-9-24(18(17)2)31-26(33)22-7-3-4-8-23(22)29-27(31)34-16-25(32)30-28-13-19-10-20(14-28)12-21(11-19)15-28/h3-9,19-21H,10-16H2,1-2H3,(H,30,32). The Bertz CT molecular complexity index is 1310. The van der Waals surface area contributed by atoms with E-state index in [4.69, 9.17) is 4.98 Å². The molecule has 7 rings (SSSR count). The summed E-state index contributed by atoms with van der Waals surface area (Å²) in [7, 11) is 0. The summed E-state index contributed by atoms with van der Waals surface area (Å²) in [4.78, 5) is 31.6. The van der Waals surface area contributed by atoms with Crippen LogP contribution in [-0.2, 0) is 4.79 Å². The van der Waals surface area contributed by atoms with Gasteiger partial charge in [0, 0.05) is 5.54 Å². The minimum Gasteiger partial charge on any atom is -0.350 e. The number of fused-ring (bicyclic) bond motifs is 1. The van der Waals surface area contributed by atoms with Crippen molar-refractivity contribution in [1.82, 2.24) is 14.9 Å². The molecule has 6 heteroatoms. The van der Waals surface area contributed by atoms with E-state index in [1.165, 1.54) is 31.0 Å². The van der Waals surface area contributed by atoms with Gasteiger partial charge in [0.05, 0.1) is 22.3 Å². The molecule has 34 heavy (non-hydrogen) atoms. The van der Waals surface area contributed by atoms with Crippen molar-refractivity contribution in [1.29, 1.82) is 0 Å². The first-order valence-electron chi connectivity index (χ1n) is 12.4. The molecule has 1 amide bonds. The first kappa shape index (κ1) is 21.9. The second-order valence-electron chi connectivity index (χ2n) is 10.8. The van der Waals surface area contributed by atoms with Crippen molar-refractivity contribution in [2.24, 2.45) is 17.8 Å². The highest BCUT2D eigenvalue weighted by Crippen LogP contribution is 2.55. The lowest BCUT2D eigenvalue weighted by atomic mass is 9.53. The van der Waals surface area contributed by atoms with E-state index >= 15 is 0 Å². The van der Waals surface area contributed by atoms with Gasteiger partial charge < -0.3 is 5.32 Å². The lowest BCUT2D eigenvalue weighted by Crippen LogP contribution is -2.60. The average molecular weight is 474 g/mol. The maximum atomic E-state index is 13.6. The number of aromatic nitrogens is 2. The van der Waals surface area contributed by atoms with E-state index in [-0.39, 0.29) is 22.8 Å². The number of amides is 1. The summed E-state index contributed by atoms with van der Waals surface area (Å²) in [6.07, 6.45) is 7.47. The molecular weight excluding hydrogens is 442 g/mol. The molecule has 4 aliphatic rings. The van der Waals surface area contributed by atoms with Crippen LogP contribution in [0.2, 0.25) is 0 Å². The molecule has 1 heterocycles. The van der Waals surface area contributed by atoms with Gasteiger partial charge in [0.15, 0.2) is 5.16 Å². The van der Waals surface area contributed by atoms with E-state index < -0.39 is 0 Å². The first-order chi connectivity index (χ1) is 16.4. The average Bonchev–Trinajstić information content (AvgIpc) is 2.79. The Labute approximate surface area is 204 Å². The van der Waals surface area contributed by atoms with Crippen molar-refractivity contribution in [2.75, 3.05) is 5.75 Å². The van der Waals surface area contributed by atoms with Crippen LogP contribution < -0.4 is 10.9 Å². The minimum atomic E-state index is -0.0942. The first-order valence-corrected chi connectivity index (χ1v) is 13.4. The molecule has 0 saturated heterocycles. The molecule has 1 aromatic heterocycles. The van der Waals surface area contributed by atoms with Crippen molar-refractivity contribution in [3.05, 3.63) is 63.9 Å². The number of nitrogens with zero attached hydrogens (tertiary/aromatic N) is 2. The highest BCUT2D eigenvalue weighted by atomic mass is 32.2. The SMILES string of the molecule is Cc1cccc(-n2c(SCC(=O)NC34CC5CC(CC(C5)C3)C4)nc3ccccc3c2=O)c1C. The van der Waals surface area contributed by atoms with Gasteiger partial charge in [-0.1, -0.05) is 36.0 Å². The van der Waals surface area contributed by atoms with Crippen molar-refractivity contribution in [2.45, 2.75) is 63.1 Å². The monoisotopic (exact) mass is 473 g/mol. The van der Waals surface area contributed by atoms with Crippen LogP contribution in [0.15, 0.2) is 52.4 Å². The number of aryl methyl sites for hydroxylation is 1. The molecule has 0 radical (unpaired) electrons. The summed E-state index contributed by atoms with van der Waals surface area (Å²) in [5.41, 5.74) is 3.55. The van der Waals surface area contributed by atoms with E-state index in [1.807, 2.05) is 56.3 Å². The lowest BCUT2D eigenvalue weighted by molar-refractivity contribution is -0.124. The van der Waals surface area contributed by atoms with Gasteiger partial charge in [-0.25, -0.2) is 4.98 Å². The number of thioether (sulfide) groups is 1. The fraction of sp³-hybridized carbons (Fsp3) is 0.464. The fourth-order valence-corrected chi connectivity index (χ4v) is 7.93. The van der Waals surface area contributed by atoms with Gasteiger partial charge in [-0.2, -0.15) is 0 Å². The molecule has 4 aliphatic carbocycles. The van der Waals surface area contributed by atoms with Crippen LogP contribution in [0, 0.1) is 31.6 Å². The van der Waals surface area contributed by atoms with E-state index in [0.29, 0.717) is 16.1 Å². The summed E-state index contributed by atoms with van der Waals surface area (Å²) in [5, 5.41) is 4.61. The smallest absolute Gasteiger partial charge is 0.266 e. The number of hydrogen-bond acceptors (Lipinski definition) is 4. The van der Waals surface area contributed by atoms with Gasteiger partial charge in [-0.05, 0) is 99.5 Å². The van der Waals surface area contributed by atoms with Gasteiger partial charge in [0.25, 0.3) is 5.56 Å². The van der Waals surface area contributed by atoms with E-state index in [9.17, 15) is 9.59 Å². The predicted molar refractivity (Wildman–Crippen MR) is 137 cm³/mol. The van der Waals surface area contributed by atoms with E-state index in [1.54, 1.807) is 4.57 Å². The van der Waals surface area contributed by atoms with Gasteiger partial charge in [-0.15, -0.1) is 0 Å². The van der Waals surface area contributed by atoms with Crippen molar-refractivity contribution in [3.63, 3.8) is 0 Å². The number of benzene rings is 2. The molecule has 4 bridgehead atoms. The maximum Gasteiger partial charge on any atom is 0.266 e. The van der Waals surface area contributed by atoms with Crippen molar-refractivity contribution >= 4 is 28.6 Å². The molecule has 176 valence electrons. The van der Waals surface area contributed by atoms with Gasteiger partial charge in [0.1, 0.15) is 0 Å². The Morgan fingerprint density at radius 3 is 2.41 bits per heavy atom. The quantitative estimate of drug-likeness (QED) is 0.410. The Kier molecular flexibility index (Phi) is 5.32. The summed E-state index contributed by atoms with van der Waals surface area (Å²) < 4.78 is 1.69. The molecule has 0 atom stereocenters. The summed E-state index contributed by atoms with van der Waals surface area (Å²) in [6.45, 7) is 4.07. The largest absolute Gasteiger partial charge is 0.350 e. The van der Waals surface area contributed by atoms with Gasteiger partial charge in [-0.3, -0.25) is 14.2 Å². The zero-order valence-corrected chi connectivity index (χ0v) is 20.7. The highest BCUT2D eigenvalue weighted by molar-refractivity contribution is 7.99. The molecule has 3 aromatic rings. The number of rotatable bonds is 5. The number of para-hydroxylation sites is 1. The zero-order chi connectivity index (χ0) is 23.4. The van der Waals surface area contributed by atoms with E-state index in [0.717, 1.165) is 53.8 Å². The number of carbonyl (C=O) groups excluding carboxylic acids is 1. The second kappa shape index (κ2) is 8.26. The van der Waals surface area contributed by atoms with Crippen LogP contribution in [0.25, 0.3) is 16.6 Å². The third-order valence-electron chi connectivity index (χ3n) is 8.34. The van der Waals surface area contributed by atoms with Gasteiger partial charge in [0.2, 0.25) is 5.91 Å². The topological polar surface area (TPSA) is 64.0 Å². The Morgan fingerprint density at radius 2 is 1.71 bits per heavy atom. The highest BCUT2D eigenvalue weighted by Gasteiger charge is 2.51. The van der Waals surface area contributed by atoms with Crippen LogP contribution in [0.5, 0.6) is 0 Å². The maximum absolute atomic E-state index is 13.6. The third-order valence-corrected chi connectivity index (χ3v) is 9.28. The predicted octanol–water partition coefficient (Wildman–Crippen LogP) is 5.18. The molecule has 2 aromatic carbocycles. The van der Waals surface area contributed by atoms with Crippen LogP contribution in [0.1, 0.15) is 49.7 Å². The van der Waals surface area contributed by atoms with E-state index in [2.05, 4.69) is 5.32 Å². The number of hydrogen-bond donors (Lipinski definition) is 1. The van der Waals surface area contributed by atoms with Crippen molar-refractivity contribution < 1.29 is 4.79 Å². The van der Waals surface area contributed by atoms with Crippen LogP contribution >= 0.6 is 11.8 Å². The summed E-state index contributed by atoms with van der Waals surface area (Å²) >= 11 is 1.36. The molecular formula is C28H31N3O2S. The fourth-order valence-electron chi connectivity index (χ4n) is 7.13. The van der Waals surface area contributed by atoms with Crippen LogP contribution in [-0.4, -0.2) is 26.8 Å². The Hall–Kier alpha value is -2.60. The summed E-state index contributed by atoms with van der Waals surface area (Å²) in [6, 6.07) is 13.4. The minimum absolute atomic E-state index is 0.00396. The van der Waals surface area contributed by atoms with Crippen molar-refractivity contribution in [3.8, 4) is 5.69 Å². The molecule has 0 aliphatic heterocycles. The zero-order valence-electron chi connectivity index (χ0n) is 19.8. The third kappa shape index (κ3) is 3.76. The Morgan fingerprint density at radius 1 is 1.03 bits per heavy atom. The molecule has 4 saturated carbocycles. The molecule has 1 N–H and O–H groups in total. The molecule has 0 spiro atoms. The summed E-state index contributed by atoms with van der Waals surface area (Å²) in [5.74, 6) is 2.68. The second-order valence-corrected chi connectivity index (χ2v) is 11.7. The van der Waals surface area contributed by atoms with Crippen LogP contribution in [0.3, 0.4) is 0 Å².